The van der Waals surface area contributed by atoms with Crippen molar-refractivity contribution in [2.24, 2.45) is 0 Å². The maximum atomic E-state index is 12.1. The number of nitrogens with zero attached hydrogens (tertiary/aromatic N) is 1. The number of thiocarbonyl (C=S) groups is 1. The smallest absolute Gasteiger partial charge is 0.266 e. The molecule has 6 heteroatoms. The molecule has 0 bridgehead atoms. The molecule has 0 atom stereocenters. The number of carbonyl (C=O) groups excluding carboxylic acids is 2. The summed E-state index contributed by atoms with van der Waals surface area (Å²) < 4.78 is 0.239. The zero-order valence-corrected chi connectivity index (χ0v) is 12.9. The van der Waals surface area contributed by atoms with Crippen molar-refractivity contribution in [3.05, 3.63) is 52.4 Å². The molecule has 21 heavy (non-hydrogen) atoms. The Kier molecular flexibility index (Phi) is 4.93. The summed E-state index contributed by atoms with van der Waals surface area (Å²) in [5, 5.41) is 10.6. The topological polar surface area (TPSA) is 60.4 Å². The second-order valence-corrected chi connectivity index (χ2v) is 6.11. The largest absolute Gasteiger partial charge is 0.548 e. The van der Waals surface area contributed by atoms with E-state index >= 15 is 0 Å². The first-order chi connectivity index (χ1) is 9.97. The van der Waals surface area contributed by atoms with E-state index in [0.717, 1.165) is 27.8 Å². The lowest BCUT2D eigenvalue weighted by molar-refractivity contribution is -0.305. The van der Waals surface area contributed by atoms with E-state index in [1.165, 1.54) is 0 Å². The Morgan fingerprint density at radius 2 is 2.05 bits per heavy atom. The van der Waals surface area contributed by atoms with Crippen molar-refractivity contribution in [1.82, 2.24) is 4.90 Å². The lowest BCUT2D eigenvalue weighted by atomic mass is 10.1. The van der Waals surface area contributed by atoms with Crippen molar-refractivity contribution in [3.63, 3.8) is 0 Å². The zero-order chi connectivity index (χ0) is 15.4. The summed E-state index contributed by atoms with van der Waals surface area (Å²) in [7, 11) is 0. The molecule has 0 unspecified atom stereocenters. The van der Waals surface area contributed by atoms with Gasteiger partial charge in [0.1, 0.15) is 4.32 Å². The number of aliphatic carboxylic acids is 1. The average Bonchev–Trinajstić information content (AvgIpc) is 2.67. The molecule has 1 heterocycles. The standard InChI is InChI=1S/C15H13NO3S2/c1-10(7-11-5-3-2-4-6-11)8-12-14(19)16(9-13(17)18)15(20)21-12/h2-8H,9H2,1H3,(H,17,18)/p-1/b10-7-,12-8+. The zero-order valence-electron chi connectivity index (χ0n) is 11.2. The highest BCUT2D eigenvalue weighted by atomic mass is 32.2. The average molecular weight is 318 g/mol. The normalized spacial score (nSPS) is 17.7. The highest BCUT2D eigenvalue weighted by Gasteiger charge is 2.31. The molecular formula is C15H12NO3S2-. The molecule has 1 aliphatic heterocycles. The number of allylic oxidation sites excluding steroid dienone is 2. The van der Waals surface area contributed by atoms with Gasteiger partial charge in [0.25, 0.3) is 5.91 Å². The number of hydrogen-bond acceptors (Lipinski definition) is 5. The fourth-order valence-corrected chi connectivity index (χ4v) is 3.13. The van der Waals surface area contributed by atoms with Gasteiger partial charge in [-0.25, -0.2) is 0 Å². The summed E-state index contributed by atoms with van der Waals surface area (Å²) in [4.78, 5) is 24.1. The molecule has 4 nitrogen and oxygen atoms in total. The third-order valence-electron chi connectivity index (χ3n) is 2.71. The van der Waals surface area contributed by atoms with Crippen molar-refractivity contribution in [2.75, 3.05) is 6.54 Å². The number of thioether (sulfide) groups is 1. The van der Waals surface area contributed by atoms with E-state index in [-0.39, 0.29) is 4.32 Å². The van der Waals surface area contributed by atoms with Crippen LogP contribution in [0, 0.1) is 0 Å². The van der Waals surface area contributed by atoms with Crippen LogP contribution in [0.15, 0.2) is 46.9 Å². The van der Waals surface area contributed by atoms with E-state index in [0.29, 0.717) is 4.91 Å². The van der Waals surface area contributed by atoms with Gasteiger partial charge in [-0.2, -0.15) is 0 Å². The maximum absolute atomic E-state index is 12.1. The number of rotatable bonds is 4. The first kappa shape index (κ1) is 15.5. The molecule has 1 fully saturated rings. The van der Waals surface area contributed by atoms with E-state index in [1.54, 1.807) is 6.08 Å². The maximum Gasteiger partial charge on any atom is 0.266 e. The van der Waals surface area contributed by atoms with Gasteiger partial charge < -0.3 is 9.90 Å². The second kappa shape index (κ2) is 6.69. The minimum atomic E-state index is -1.33. The van der Waals surface area contributed by atoms with Crippen LogP contribution >= 0.6 is 24.0 Å². The molecule has 1 aliphatic rings. The summed E-state index contributed by atoms with van der Waals surface area (Å²) in [5.74, 6) is -1.72. The highest BCUT2D eigenvalue weighted by Crippen LogP contribution is 2.31. The highest BCUT2D eigenvalue weighted by molar-refractivity contribution is 8.26. The SMILES string of the molecule is CC(=C/c1ccccc1)/C=C1/SC(=S)N(CC(=O)[O-])C1=O. The molecule has 0 radical (unpaired) electrons. The predicted octanol–water partition coefficient (Wildman–Crippen LogP) is 1.58. The van der Waals surface area contributed by atoms with Crippen molar-refractivity contribution in [3.8, 4) is 0 Å². The fraction of sp³-hybridized carbons (Fsp3) is 0.133. The molecule has 0 aromatic heterocycles. The Hall–Kier alpha value is -1.92. The summed E-state index contributed by atoms with van der Waals surface area (Å²) in [5.41, 5.74) is 1.91. The molecule has 1 aromatic rings. The molecule has 1 saturated heterocycles. The first-order valence-electron chi connectivity index (χ1n) is 6.16. The summed E-state index contributed by atoms with van der Waals surface area (Å²) >= 11 is 6.11. The first-order valence-corrected chi connectivity index (χ1v) is 7.38. The van der Waals surface area contributed by atoms with E-state index in [2.05, 4.69) is 0 Å². The van der Waals surface area contributed by atoms with Crippen LogP contribution < -0.4 is 5.11 Å². The van der Waals surface area contributed by atoms with Gasteiger partial charge >= 0.3 is 0 Å². The van der Waals surface area contributed by atoms with Gasteiger partial charge in [0.05, 0.1) is 17.4 Å². The van der Waals surface area contributed by atoms with Gasteiger partial charge in [0, 0.05) is 0 Å². The third kappa shape index (κ3) is 4.03. The Bertz CT molecular complexity index is 650. The second-order valence-electron chi connectivity index (χ2n) is 4.44. The van der Waals surface area contributed by atoms with Crippen LogP contribution in [-0.2, 0) is 9.59 Å². The van der Waals surface area contributed by atoms with Crippen LogP contribution in [0.2, 0.25) is 0 Å². The number of carbonyl (C=O) groups is 2. The van der Waals surface area contributed by atoms with Gasteiger partial charge in [-0.3, -0.25) is 9.69 Å². The number of benzene rings is 1. The van der Waals surface area contributed by atoms with E-state index in [4.69, 9.17) is 12.2 Å². The van der Waals surface area contributed by atoms with Crippen molar-refractivity contribution in [1.29, 1.82) is 0 Å². The third-order valence-corrected chi connectivity index (χ3v) is 4.09. The van der Waals surface area contributed by atoms with Crippen LogP contribution in [-0.4, -0.2) is 27.6 Å². The summed E-state index contributed by atoms with van der Waals surface area (Å²) in [6, 6.07) is 9.70. The van der Waals surface area contributed by atoms with E-state index in [1.807, 2.05) is 43.3 Å². The summed E-state index contributed by atoms with van der Waals surface area (Å²) in [6.45, 7) is 1.36. The van der Waals surface area contributed by atoms with Crippen molar-refractivity contribution < 1.29 is 14.7 Å². The Morgan fingerprint density at radius 1 is 1.38 bits per heavy atom. The number of carboxylic acids is 1. The molecule has 0 N–H and O–H groups in total. The lowest BCUT2D eigenvalue weighted by Gasteiger charge is -2.14. The van der Waals surface area contributed by atoms with E-state index < -0.39 is 18.4 Å². The Labute approximate surface area is 132 Å². The number of amides is 1. The molecule has 108 valence electrons. The van der Waals surface area contributed by atoms with Gasteiger partial charge in [0.2, 0.25) is 0 Å². The van der Waals surface area contributed by atoms with Gasteiger partial charge in [0.15, 0.2) is 0 Å². The van der Waals surface area contributed by atoms with Crippen molar-refractivity contribution in [2.45, 2.75) is 6.92 Å². The van der Waals surface area contributed by atoms with Crippen LogP contribution in [0.25, 0.3) is 6.08 Å². The number of carboxylic acid groups (broad SMARTS) is 1. The minimum absolute atomic E-state index is 0.239. The van der Waals surface area contributed by atoms with Gasteiger partial charge in [-0.1, -0.05) is 60.4 Å². The molecule has 1 amide bonds. The van der Waals surface area contributed by atoms with Crippen LogP contribution in [0.5, 0.6) is 0 Å². The molecule has 1 aromatic carbocycles. The molecule has 2 rings (SSSR count). The predicted molar refractivity (Wildman–Crippen MR) is 85.1 cm³/mol. The van der Waals surface area contributed by atoms with Gasteiger partial charge in [-0.15, -0.1) is 0 Å². The van der Waals surface area contributed by atoms with E-state index in [9.17, 15) is 14.7 Å². The van der Waals surface area contributed by atoms with Crippen LogP contribution in [0.3, 0.4) is 0 Å². The molecule has 0 saturated carbocycles. The molecular weight excluding hydrogens is 306 g/mol. The van der Waals surface area contributed by atoms with Crippen molar-refractivity contribution >= 4 is 46.3 Å². The van der Waals surface area contributed by atoms with Gasteiger partial charge in [-0.05, 0) is 24.1 Å². The minimum Gasteiger partial charge on any atom is -0.548 e. The number of hydrogen-bond donors (Lipinski definition) is 0. The monoisotopic (exact) mass is 318 g/mol. The fourth-order valence-electron chi connectivity index (χ4n) is 1.83. The summed E-state index contributed by atoms with van der Waals surface area (Å²) in [6.07, 6.45) is 3.65. The molecule has 0 spiro atoms. The lowest BCUT2D eigenvalue weighted by Crippen LogP contribution is -2.40. The Morgan fingerprint density at radius 3 is 2.67 bits per heavy atom. The quantitative estimate of drug-likeness (QED) is 0.623. The Balaban J connectivity index is 2.18. The van der Waals surface area contributed by atoms with Crippen LogP contribution in [0.1, 0.15) is 12.5 Å². The van der Waals surface area contributed by atoms with Crippen LogP contribution in [0.4, 0.5) is 0 Å². The molecule has 0 aliphatic carbocycles.